The molecule has 0 heterocycles. The predicted molar refractivity (Wildman–Crippen MR) is 113 cm³/mol. The van der Waals surface area contributed by atoms with Crippen LogP contribution in [0.1, 0.15) is 39.5 Å². The molecular formula is C24H30O6. The van der Waals surface area contributed by atoms with Crippen LogP contribution in [0.25, 0.3) is 0 Å². The number of methoxy groups -OCH3 is 1. The van der Waals surface area contributed by atoms with E-state index >= 15 is 0 Å². The number of hydrogen-bond acceptors (Lipinski definition) is 6. The molecule has 0 radical (unpaired) electrons. The fraction of sp³-hybridized carbons (Fsp3) is 0.458. The minimum absolute atomic E-state index is 0.126. The van der Waals surface area contributed by atoms with E-state index in [0.29, 0.717) is 12.8 Å². The van der Waals surface area contributed by atoms with Gasteiger partial charge in [-0.1, -0.05) is 37.3 Å². The third-order valence-electron chi connectivity index (χ3n) is 5.28. The van der Waals surface area contributed by atoms with Gasteiger partial charge in [0.25, 0.3) is 0 Å². The summed E-state index contributed by atoms with van der Waals surface area (Å²) in [6.45, 7) is 3.27. The number of allylic oxidation sites excluding steroid dienone is 2. The number of para-hydroxylation sites is 1. The van der Waals surface area contributed by atoms with Crippen LogP contribution < -0.4 is 4.74 Å². The SMILES string of the molecule is CC/C=C/[C@H]1CCC(=O)[C@@H]1CC=C=CC(C)([16OH])C([16OH])(Oc1ccccc1)C(=O)OC. The first-order chi connectivity index (χ1) is 14.2. The topological polar surface area (TPSA) is 93.1 Å². The van der Waals surface area contributed by atoms with Gasteiger partial charge in [0.1, 0.15) is 11.5 Å². The average Bonchev–Trinajstić information content (AvgIpc) is 3.08. The van der Waals surface area contributed by atoms with Crippen LogP contribution in [0.15, 0.2) is 60.4 Å². The Balaban J connectivity index is 2.19. The maximum atomic E-state index is 12.2. The van der Waals surface area contributed by atoms with E-state index in [0.717, 1.165) is 26.0 Å². The highest BCUT2D eigenvalue weighted by atomic mass is 16.7. The second-order valence-electron chi connectivity index (χ2n) is 7.56. The zero-order valence-electron chi connectivity index (χ0n) is 17.7. The maximum Gasteiger partial charge on any atom is 0.382 e. The standard InChI is InChI=1S/C24H30O6/c1-4-5-11-18-15-16-21(25)20(18)14-9-10-17-23(2,27)24(28,22(26)29-3)30-19-12-7-6-8-13-19/h5-9,11-13,17-18,20,27-28H,4,14-16H2,1-3H3/b11-5+/t10?,18-,20+,23?,24?/m0/s1/i27+0,28+0. The molecule has 1 aromatic carbocycles. The summed E-state index contributed by atoms with van der Waals surface area (Å²) in [5, 5.41) is 21.7. The number of aliphatic hydroxyl groups is 2. The second-order valence-corrected chi connectivity index (χ2v) is 7.56. The van der Waals surface area contributed by atoms with Crippen LogP contribution in [0, 0.1) is 11.8 Å². The molecule has 2 N–H and O–H groups in total. The lowest BCUT2D eigenvalue weighted by molar-refractivity contribution is -0.243. The van der Waals surface area contributed by atoms with E-state index in [1.165, 1.54) is 6.92 Å². The molecule has 0 aromatic heterocycles. The van der Waals surface area contributed by atoms with Crippen molar-refractivity contribution in [2.24, 2.45) is 11.8 Å². The molecule has 0 spiro atoms. The van der Waals surface area contributed by atoms with Gasteiger partial charge in [0.05, 0.1) is 7.11 Å². The number of carbonyl (C=O) groups is 2. The zero-order chi connectivity index (χ0) is 22.2. The quantitative estimate of drug-likeness (QED) is 0.279. The van der Waals surface area contributed by atoms with Gasteiger partial charge < -0.3 is 19.7 Å². The molecule has 1 fully saturated rings. The van der Waals surface area contributed by atoms with Gasteiger partial charge in [-0.05, 0) is 56.4 Å². The molecule has 2 unspecified atom stereocenters. The van der Waals surface area contributed by atoms with E-state index in [-0.39, 0.29) is 23.4 Å². The summed E-state index contributed by atoms with van der Waals surface area (Å²) in [6, 6.07) is 8.16. The van der Waals surface area contributed by atoms with Gasteiger partial charge in [0, 0.05) is 12.3 Å². The van der Waals surface area contributed by atoms with E-state index in [2.05, 4.69) is 22.6 Å². The molecule has 1 aromatic rings. The number of esters is 1. The van der Waals surface area contributed by atoms with Crippen LogP contribution in [0.2, 0.25) is 0 Å². The van der Waals surface area contributed by atoms with E-state index in [9.17, 15) is 19.8 Å². The van der Waals surface area contributed by atoms with Crippen molar-refractivity contribution in [3.63, 3.8) is 0 Å². The molecule has 162 valence electrons. The highest BCUT2D eigenvalue weighted by Gasteiger charge is 2.55. The van der Waals surface area contributed by atoms with Crippen molar-refractivity contribution in [3.8, 4) is 5.75 Å². The molecule has 1 saturated carbocycles. The van der Waals surface area contributed by atoms with Gasteiger partial charge in [0.15, 0.2) is 5.60 Å². The summed E-state index contributed by atoms with van der Waals surface area (Å²) in [7, 11) is 1.09. The number of ether oxygens (including phenoxy) is 2. The minimum Gasteiger partial charge on any atom is -0.464 e. The Morgan fingerprint density at radius 2 is 2.00 bits per heavy atom. The van der Waals surface area contributed by atoms with E-state index in [1.807, 2.05) is 6.92 Å². The first kappa shape index (κ1) is 23.6. The first-order valence-electron chi connectivity index (χ1n) is 10.1. The van der Waals surface area contributed by atoms with Gasteiger partial charge >= 0.3 is 11.8 Å². The molecule has 0 amide bonds. The molecule has 6 nitrogen and oxygen atoms in total. The molecule has 0 aliphatic heterocycles. The molecule has 2 rings (SSSR count). The van der Waals surface area contributed by atoms with Crippen LogP contribution in [0.4, 0.5) is 0 Å². The van der Waals surface area contributed by atoms with Crippen LogP contribution in [0.5, 0.6) is 5.75 Å². The summed E-state index contributed by atoms with van der Waals surface area (Å²) < 4.78 is 10.1. The van der Waals surface area contributed by atoms with E-state index < -0.39 is 17.4 Å². The fourth-order valence-electron chi connectivity index (χ4n) is 3.44. The minimum atomic E-state index is -2.68. The van der Waals surface area contributed by atoms with Crippen molar-refractivity contribution in [1.29, 1.82) is 0 Å². The summed E-state index contributed by atoms with van der Waals surface area (Å²) >= 11 is 0. The maximum absolute atomic E-state index is 12.2. The second kappa shape index (κ2) is 10.4. The predicted octanol–water partition coefficient (Wildman–Crippen LogP) is 3.34. The van der Waals surface area contributed by atoms with Crippen molar-refractivity contribution in [2.45, 2.75) is 50.9 Å². The Bertz CT molecular complexity index is 819. The fourth-order valence-corrected chi connectivity index (χ4v) is 3.44. The Hall–Kier alpha value is -2.66. The largest absolute Gasteiger partial charge is 0.464 e. The number of hydrogen-bond donors (Lipinski definition) is 2. The third-order valence-corrected chi connectivity index (χ3v) is 5.28. The molecule has 6 heteroatoms. The lowest BCUT2D eigenvalue weighted by Gasteiger charge is -2.35. The zero-order valence-corrected chi connectivity index (χ0v) is 17.7. The van der Waals surface area contributed by atoms with Gasteiger partial charge in [0.2, 0.25) is 0 Å². The molecule has 4 atom stereocenters. The molecule has 1 aliphatic rings. The summed E-state index contributed by atoms with van der Waals surface area (Å²) in [4.78, 5) is 24.4. The summed E-state index contributed by atoms with van der Waals surface area (Å²) in [5.41, 5.74) is 0.651. The monoisotopic (exact) mass is 414 g/mol. The number of Topliss-reactive ketones (excluding diaryl/α,β-unsaturated/α-hetero) is 1. The highest BCUT2D eigenvalue weighted by molar-refractivity contribution is 5.84. The van der Waals surface area contributed by atoms with Crippen LogP contribution in [-0.4, -0.2) is 40.5 Å². The van der Waals surface area contributed by atoms with Crippen molar-refractivity contribution < 1.29 is 29.3 Å². The summed E-state index contributed by atoms with van der Waals surface area (Å²) in [6.07, 6.45) is 9.71. The van der Waals surface area contributed by atoms with Crippen molar-refractivity contribution in [1.82, 2.24) is 0 Å². The lowest BCUT2D eigenvalue weighted by Crippen LogP contribution is -2.61. The molecule has 30 heavy (non-hydrogen) atoms. The molecule has 1 aliphatic carbocycles. The van der Waals surface area contributed by atoms with E-state index in [4.69, 9.17) is 4.74 Å². The summed E-state index contributed by atoms with van der Waals surface area (Å²) in [5.74, 6) is -3.36. The Morgan fingerprint density at radius 1 is 1.30 bits per heavy atom. The average molecular weight is 414 g/mol. The van der Waals surface area contributed by atoms with E-state index in [1.54, 1.807) is 36.4 Å². The Labute approximate surface area is 177 Å². The first-order valence-corrected chi connectivity index (χ1v) is 10.1. The number of rotatable bonds is 9. The Morgan fingerprint density at radius 3 is 2.63 bits per heavy atom. The van der Waals surface area contributed by atoms with Crippen LogP contribution in [-0.2, 0) is 14.3 Å². The smallest absolute Gasteiger partial charge is 0.382 e. The van der Waals surface area contributed by atoms with Gasteiger partial charge in [-0.25, -0.2) is 4.79 Å². The number of carbonyl (C=O) groups excluding carboxylic acids is 2. The van der Waals surface area contributed by atoms with Gasteiger partial charge in [-0.2, -0.15) is 0 Å². The molecule has 0 bridgehead atoms. The van der Waals surface area contributed by atoms with Crippen molar-refractivity contribution in [3.05, 3.63) is 60.4 Å². The van der Waals surface area contributed by atoms with Gasteiger partial charge in [-0.3, -0.25) is 4.79 Å². The molecular weight excluding hydrogens is 384 g/mol. The van der Waals surface area contributed by atoms with Crippen LogP contribution >= 0.6 is 0 Å². The van der Waals surface area contributed by atoms with Gasteiger partial charge in [-0.15, -0.1) is 5.73 Å². The highest BCUT2D eigenvalue weighted by Crippen LogP contribution is 2.33. The number of benzene rings is 1. The third kappa shape index (κ3) is 5.48. The van der Waals surface area contributed by atoms with Crippen molar-refractivity contribution in [2.75, 3.05) is 7.11 Å². The number of ketones is 1. The normalized spacial score (nSPS) is 22.6. The Kier molecular flexibility index (Phi) is 8.18. The lowest BCUT2D eigenvalue weighted by atomic mass is 9.91. The van der Waals surface area contributed by atoms with Crippen LogP contribution in [0.3, 0.4) is 0 Å². The van der Waals surface area contributed by atoms with Crippen molar-refractivity contribution >= 4 is 11.8 Å². The molecule has 0 saturated heterocycles.